The molecule has 9 heteroatoms. The van der Waals surface area contributed by atoms with E-state index in [2.05, 4.69) is 4.98 Å². The number of amides is 1. The first-order chi connectivity index (χ1) is 15.0. The molecule has 0 spiro atoms. The van der Waals surface area contributed by atoms with Crippen molar-refractivity contribution in [3.63, 3.8) is 0 Å². The van der Waals surface area contributed by atoms with E-state index in [9.17, 15) is 9.90 Å². The third kappa shape index (κ3) is 3.35. The molecule has 0 aliphatic carbocycles. The molecular weight excluding hydrogens is 420 g/mol. The number of aliphatic hydroxyl groups excluding tert-OH is 1. The van der Waals surface area contributed by atoms with Crippen LogP contribution in [0.5, 0.6) is 5.75 Å². The summed E-state index contributed by atoms with van der Waals surface area (Å²) in [6.07, 6.45) is -0.455. The van der Waals surface area contributed by atoms with Crippen LogP contribution in [0.4, 0.5) is 0 Å². The van der Waals surface area contributed by atoms with Crippen LogP contribution in [0.25, 0.3) is 5.65 Å². The van der Waals surface area contributed by atoms with Gasteiger partial charge in [0.05, 0.1) is 54.0 Å². The van der Waals surface area contributed by atoms with Crippen LogP contribution >= 0.6 is 11.6 Å². The summed E-state index contributed by atoms with van der Waals surface area (Å²) in [6, 6.07) is 7.09. The average Bonchev–Trinajstić information content (AvgIpc) is 3.45. The van der Waals surface area contributed by atoms with Gasteiger partial charge in [-0.15, -0.1) is 0 Å². The van der Waals surface area contributed by atoms with Crippen LogP contribution in [0.15, 0.2) is 24.3 Å². The minimum absolute atomic E-state index is 0.151. The van der Waals surface area contributed by atoms with Gasteiger partial charge in [-0.1, -0.05) is 30.7 Å². The van der Waals surface area contributed by atoms with Gasteiger partial charge < -0.3 is 19.5 Å². The lowest BCUT2D eigenvalue weighted by molar-refractivity contribution is 0.0667. The number of nitrogens with zero attached hydrogens (tertiary/aromatic N) is 4. The van der Waals surface area contributed by atoms with Gasteiger partial charge in [0.15, 0.2) is 5.65 Å². The van der Waals surface area contributed by atoms with E-state index in [1.807, 2.05) is 13.8 Å². The molecule has 3 aromatic rings. The first kappa shape index (κ1) is 20.2. The van der Waals surface area contributed by atoms with Gasteiger partial charge in [0, 0.05) is 5.56 Å². The zero-order valence-electron chi connectivity index (χ0n) is 17.3. The third-order valence-corrected chi connectivity index (χ3v) is 6.34. The number of hydrogen-bond donors (Lipinski definition) is 1. The molecule has 31 heavy (non-hydrogen) atoms. The van der Waals surface area contributed by atoms with Crippen molar-refractivity contribution >= 4 is 23.2 Å². The number of carbonyl (C=O) groups excluding carboxylic acids is 1. The van der Waals surface area contributed by atoms with Crippen LogP contribution in [0.3, 0.4) is 0 Å². The van der Waals surface area contributed by atoms with Crippen molar-refractivity contribution in [2.45, 2.75) is 45.6 Å². The number of fused-ring (bicyclic) bond motifs is 3. The van der Waals surface area contributed by atoms with E-state index in [1.165, 1.54) is 0 Å². The number of carbonyl (C=O) groups is 1. The summed E-state index contributed by atoms with van der Waals surface area (Å²) in [4.78, 5) is 19.7. The van der Waals surface area contributed by atoms with Gasteiger partial charge in [-0.2, -0.15) is 5.10 Å². The van der Waals surface area contributed by atoms with E-state index in [-0.39, 0.29) is 12.5 Å². The molecule has 0 bridgehead atoms. The molecule has 2 aliphatic heterocycles. The smallest absolute Gasteiger partial charge is 0.258 e. The highest BCUT2D eigenvalue weighted by Crippen LogP contribution is 2.32. The maximum absolute atomic E-state index is 13.3. The second-order valence-electron chi connectivity index (χ2n) is 7.89. The van der Waals surface area contributed by atoms with Gasteiger partial charge in [0.25, 0.3) is 5.91 Å². The SMILES string of the molecule is CCc1c(Cl)c(C)nc2c3c(nn12)CN(C(=O)c1ccccc1OC1COCC1O)C3. The summed E-state index contributed by atoms with van der Waals surface area (Å²) in [5, 5.41) is 15.3. The highest BCUT2D eigenvalue weighted by atomic mass is 35.5. The Morgan fingerprint density at radius 2 is 2.13 bits per heavy atom. The fourth-order valence-corrected chi connectivity index (χ4v) is 4.43. The highest BCUT2D eigenvalue weighted by Gasteiger charge is 2.33. The second-order valence-corrected chi connectivity index (χ2v) is 8.27. The van der Waals surface area contributed by atoms with Crippen molar-refractivity contribution in [3.05, 3.63) is 57.5 Å². The van der Waals surface area contributed by atoms with Crippen molar-refractivity contribution in [2.75, 3.05) is 13.2 Å². The summed E-state index contributed by atoms with van der Waals surface area (Å²) in [5.41, 5.74) is 4.66. The number of ether oxygens (including phenoxy) is 2. The second kappa shape index (κ2) is 7.78. The van der Waals surface area contributed by atoms with Crippen LogP contribution in [0.2, 0.25) is 5.02 Å². The number of benzene rings is 1. The Labute approximate surface area is 184 Å². The Balaban J connectivity index is 1.43. The number of para-hydroxylation sites is 1. The molecule has 5 rings (SSSR count). The molecule has 1 N–H and O–H groups in total. The lowest BCUT2D eigenvalue weighted by Gasteiger charge is -2.21. The number of rotatable bonds is 4. The van der Waals surface area contributed by atoms with Gasteiger partial charge in [0.2, 0.25) is 0 Å². The van der Waals surface area contributed by atoms with E-state index in [4.69, 9.17) is 26.2 Å². The number of halogens is 1. The number of aliphatic hydroxyl groups is 1. The number of aromatic nitrogens is 3. The largest absolute Gasteiger partial charge is 0.484 e. The zero-order valence-corrected chi connectivity index (χ0v) is 18.1. The zero-order chi connectivity index (χ0) is 21.7. The van der Waals surface area contributed by atoms with Gasteiger partial charge in [-0.05, 0) is 25.5 Å². The van der Waals surface area contributed by atoms with Crippen molar-refractivity contribution in [3.8, 4) is 5.75 Å². The Bertz CT molecular complexity index is 1180. The van der Waals surface area contributed by atoms with Gasteiger partial charge in [-0.3, -0.25) is 4.79 Å². The average molecular weight is 443 g/mol. The fraction of sp³-hybridized carbons (Fsp3) is 0.409. The van der Waals surface area contributed by atoms with Crippen molar-refractivity contribution in [1.29, 1.82) is 0 Å². The minimum atomic E-state index is -0.707. The first-order valence-electron chi connectivity index (χ1n) is 10.3. The molecule has 0 saturated carbocycles. The van der Waals surface area contributed by atoms with Crippen molar-refractivity contribution < 1.29 is 19.4 Å². The lowest BCUT2D eigenvalue weighted by Crippen LogP contribution is -2.31. The van der Waals surface area contributed by atoms with Gasteiger partial charge >= 0.3 is 0 Å². The monoisotopic (exact) mass is 442 g/mol. The molecule has 4 heterocycles. The molecule has 8 nitrogen and oxygen atoms in total. The molecule has 2 unspecified atom stereocenters. The quantitative estimate of drug-likeness (QED) is 0.668. The first-order valence-corrected chi connectivity index (χ1v) is 10.7. The highest BCUT2D eigenvalue weighted by molar-refractivity contribution is 6.31. The predicted molar refractivity (Wildman–Crippen MR) is 113 cm³/mol. The molecular formula is C22H23ClN4O4. The van der Waals surface area contributed by atoms with E-state index in [1.54, 1.807) is 33.7 Å². The Morgan fingerprint density at radius 1 is 1.32 bits per heavy atom. The van der Waals surface area contributed by atoms with Gasteiger partial charge in [-0.25, -0.2) is 9.50 Å². The van der Waals surface area contributed by atoms with E-state index >= 15 is 0 Å². The van der Waals surface area contributed by atoms with Crippen LogP contribution in [-0.4, -0.2) is 55.9 Å². The van der Waals surface area contributed by atoms with E-state index in [0.717, 1.165) is 34.7 Å². The van der Waals surface area contributed by atoms with Crippen LogP contribution < -0.4 is 4.74 Å². The summed E-state index contributed by atoms with van der Waals surface area (Å²) in [6.45, 7) is 5.25. The third-order valence-electron chi connectivity index (χ3n) is 5.85. The summed E-state index contributed by atoms with van der Waals surface area (Å²) >= 11 is 6.42. The van der Waals surface area contributed by atoms with Gasteiger partial charge in [0.1, 0.15) is 18.0 Å². The molecule has 1 aromatic carbocycles. The van der Waals surface area contributed by atoms with E-state index in [0.29, 0.717) is 36.0 Å². The fourth-order valence-electron chi connectivity index (χ4n) is 4.18. The molecule has 1 fully saturated rings. The van der Waals surface area contributed by atoms with Crippen LogP contribution in [-0.2, 0) is 24.2 Å². The molecule has 1 saturated heterocycles. The Hall–Kier alpha value is -2.68. The summed E-state index contributed by atoms with van der Waals surface area (Å²) in [5.74, 6) is 0.288. The minimum Gasteiger partial charge on any atom is -0.484 e. The van der Waals surface area contributed by atoms with E-state index < -0.39 is 12.2 Å². The molecule has 0 radical (unpaired) electrons. The predicted octanol–water partition coefficient (Wildman–Crippen LogP) is 2.55. The molecule has 1 amide bonds. The number of aryl methyl sites for hydroxylation is 2. The lowest BCUT2D eigenvalue weighted by atomic mass is 10.1. The van der Waals surface area contributed by atoms with Crippen molar-refractivity contribution in [2.24, 2.45) is 0 Å². The van der Waals surface area contributed by atoms with Crippen molar-refractivity contribution in [1.82, 2.24) is 19.5 Å². The topological polar surface area (TPSA) is 89.2 Å². The Kier molecular flexibility index (Phi) is 5.08. The Morgan fingerprint density at radius 3 is 2.87 bits per heavy atom. The normalized spacial score (nSPS) is 20.5. The summed E-state index contributed by atoms with van der Waals surface area (Å²) in [7, 11) is 0. The molecule has 2 atom stereocenters. The molecule has 2 aliphatic rings. The van der Waals surface area contributed by atoms with Crippen LogP contribution in [0.1, 0.15) is 39.9 Å². The standard InChI is InChI=1S/C22H23ClN4O4/c1-3-16-20(23)12(2)24-21-14-8-26(9-15(14)25-27(16)21)22(29)13-6-4-5-7-18(13)31-19-11-30-10-17(19)28/h4-7,17,19,28H,3,8-11H2,1-2H3. The maximum atomic E-state index is 13.3. The molecule has 162 valence electrons. The summed E-state index contributed by atoms with van der Waals surface area (Å²) < 4.78 is 13.0. The number of hydrogen-bond acceptors (Lipinski definition) is 6. The maximum Gasteiger partial charge on any atom is 0.258 e. The molecule has 2 aromatic heterocycles. The van der Waals surface area contributed by atoms with Crippen LogP contribution in [0, 0.1) is 6.92 Å².